The van der Waals surface area contributed by atoms with Gasteiger partial charge in [0.15, 0.2) is 0 Å². The molecule has 0 radical (unpaired) electrons. The molecule has 0 aliphatic heterocycles. The molecule has 3 rings (SSSR count). The van der Waals surface area contributed by atoms with Gasteiger partial charge in [0.05, 0.1) is 35.5 Å². The summed E-state index contributed by atoms with van der Waals surface area (Å²) in [7, 11) is 1.62. The normalized spacial score (nSPS) is 10.4. The van der Waals surface area contributed by atoms with Crippen molar-refractivity contribution < 1.29 is 14.3 Å². The number of nitrogens with zero attached hydrogens (tertiary/aromatic N) is 1. The molecular weight excluding hydrogens is 374 g/mol. The SMILES string of the molecule is COc1c(C)cnc(CNC(=O)c2ccccc2NC(=O)c2cccs2)c1C. The van der Waals surface area contributed by atoms with Crippen molar-refractivity contribution in [3.05, 3.63) is 75.2 Å². The topological polar surface area (TPSA) is 80.3 Å². The van der Waals surface area contributed by atoms with Crippen LogP contribution in [0.2, 0.25) is 0 Å². The molecule has 0 aliphatic carbocycles. The number of carbonyl (C=O) groups is 2. The van der Waals surface area contributed by atoms with E-state index in [1.165, 1.54) is 11.3 Å². The van der Waals surface area contributed by atoms with Crippen LogP contribution in [0, 0.1) is 13.8 Å². The fourth-order valence-electron chi connectivity index (χ4n) is 2.89. The third-order valence-electron chi connectivity index (χ3n) is 4.33. The van der Waals surface area contributed by atoms with Gasteiger partial charge in [0.25, 0.3) is 11.8 Å². The van der Waals surface area contributed by atoms with Crippen LogP contribution >= 0.6 is 11.3 Å². The number of hydrogen-bond donors (Lipinski definition) is 2. The Morgan fingerprint density at radius 3 is 2.61 bits per heavy atom. The van der Waals surface area contributed by atoms with Crippen LogP contribution in [0.4, 0.5) is 5.69 Å². The van der Waals surface area contributed by atoms with E-state index in [1.807, 2.05) is 25.3 Å². The minimum atomic E-state index is -0.289. The number of methoxy groups -OCH3 is 1. The minimum absolute atomic E-state index is 0.240. The molecular formula is C21H21N3O3S. The average Bonchev–Trinajstić information content (AvgIpc) is 3.23. The van der Waals surface area contributed by atoms with E-state index in [9.17, 15) is 9.59 Å². The highest BCUT2D eigenvalue weighted by Gasteiger charge is 2.16. The van der Waals surface area contributed by atoms with Crippen LogP contribution in [-0.2, 0) is 6.54 Å². The maximum atomic E-state index is 12.7. The summed E-state index contributed by atoms with van der Waals surface area (Å²) in [6.07, 6.45) is 1.72. The molecule has 0 spiro atoms. The zero-order valence-corrected chi connectivity index (χ0v) is 16.7. The van der Waals surface area contributed by atoms with Crippen molar-refractivity contribution in [3.63, 3.8) is 0 Å². The second kappa shape index (κ2) is 8.67. The first kappa shape index (κ1) is 19.6. The maximum absolute atomic E-state index is 12.7. The number of aryl methyl sites for hydroxylation is 1. The summed E-state index contributed by atoms with van der Waals surface area (Å²) in [4.78, 5) is 30.0. The predicted octanol–water partition coefficient (Wildman–Crippen LogP) is 3.95. The van der Waals surface area contributed by atoms with Crippen molar-refractivity contribution in [2.75, 3.05) is 12.4 Å². The maximum Gasteiger partial charge on any atom is 0.265 e. The molecule has 7 heteroatoms. The molecule has 0 atom stereocenters. The summed E-state index contributed by atoms with van der Waals surface area (Å²) in [5, 5.41) is 7.51. The van der Waals surface area contributed by atoms with Crippen molar-refractivity contribution in [3.8, 4) is 5.75 Å². The molecule has 2 amide bonds. The van der Waals surface area contributed by atoms with Crippen LogP contribution in [0.15, 0.2) is 48.0 Å². The van der Waals surface area contributed by atoms with Crippen molar-refractivity contribution in [1.29, 1.82) is 0 Å². The molecule has 28 heavy (non-hydrogen) atoms. The number of thiophene rings is 1. The molecule has 0 bridgehead atoms. The number of hydrogen-bond acceptors (Lipinski definition) is 5. The van der Waals surface area contributed by atoms with Crippen molar-refractivity contribution in [2.45, 2.75) is 20.4 Å². The summed E-state index contributed by atoms with van der Waals surface area (Å²) in [6, 6.07) is 10.5. The highest BCUT2D eigenvalue weighted by atomic mass is 32.1. The summed E-state index contributed by atoms with van der Waals surface area (Å²) < 4.78 is 5.41. The third-order valence-corrected chi connectivity index (χ3v) is 5.20. The van der Waals surface area contributed by atoms with Crippen LogP contribution < -0.4 is 15.4 Å². The second-order valence-corrected chi connectivity index (χ2v) is 7.15. The lowest BCUT2D eigenvalue weighted by Crippen LogP contribution is -2.25. The van der Waals surface area contributed by atoms with Gasteiger partial charge in [0.1, 0.15) is 5.75 Å². The highest BCUT2D eigenvalue weighted by molar-refractivity contribution is 7.12. The summed E-state index contributed by atoms with van der Waals surface area (Å²) in [5.74, 6) is 0.238. The molecule has 0 saturated heterocycles. The van der Waals surface area contributed by atoms with Gasteiger partial charge in [-0.1, -0.05) is 18.2 Å². The Hall–Kier alpha value is -3.19. The Balaban J connectivity index is 1.74. The van der Waals surface area contributed by atoms with Gasteiger partial charge < -0.3 is 15.4 Å². The first-order valence-corrected chi connectivity index (χ1v) is 9.60. The van der Waals surface area contributed by atoms with Crippen LogP contribution in [0.3, 0.4) is 0 Å². The standard InChI is InChI=1S/C21H21N3O3S/c1-13-11-22-17(14(2)19(13)27-3)12-23-20(25)15-7-4-5-8-16(15)24-21(26)18-9-6-10-28-18/h4-11H,12H2,1-3H3,(H,23,25)(H,24,26). The molecule has 0 unspecified atom stereocenters. The number of ether oxygens (including phenoxy) is 1. The first-order valence-electron chi connectivity index (χ1n) is 8.72. The molecule has 2 N–H and O–H groups in total. The number of para-hydroxylation sites is 1. The van der Waals surface area contributed by atoms with Crippen LogP contribution in [0.1, 0.15) is 36.9 Å². The smallest absolute Gasteiger partial charge is 0.265 e. The van der Waals surface area contributed by atoms with Crippen LogP contribution in [0.5, 0.6) is 5.75 Å². The van der Waals surface area contributed by atoms with Crippen LogP contribution in [0.25, 0.3) is 0 Å². The van der Waals surface area contributed by atoms with Crippen molar-refractivity contribution >= 4 is 28.8 Å². The number of amides is 2. The lowest BCUT2D eigenvalue weighted by molar-refractivity contribution is 0.0951. The van der Waals surface area contributed by atoms with E-state index < -0.39 is 0 Å². The van der Waals surface area contributed by atoms with E-state index in [1.54, 1.807) is 43.6 Å². The molecule has 1 aromatic carbocycles. The predicted molar refractivity (Wildman–Crippen MR) is 110 cm³/mol. The van der Waals surface area contributed by atoms with Gasteiger partial charge in [0.2, 0.25) is 0 Å². The van der Waals surface area contributed by atoms with Crippen LogP contribution in [-0.4, -0.2) is 23.9 Å². The Labute approximate surface area is 167 Å². The number of nitrogens with one attached hydrogen (secondary N) is 2. The lowest BCUT2D eigenvalue weighted by Gasteiger charge is -2.14. The molecule has 2 aromatic heterocycles. The second-order valence-electron chi connectivity index (χ2n) is 6.21. The molecule has 0 aliphatic rings. The van der Waals surface area contributed by atoms with Gasteiger partial charge in [-0.3, -0.25) is 14.6 Å². The van der Waals surface area contributed by atoms with E-state index >= 15 is 0 Å². The fraction of sp³-hybridized carbons (Fsp3) is 0.190. The summed E-state index contributed by atoms with van der Waals surface area (Å²) in [6.45, 7) is 4.09. The fourth-order valence-corrected chi connectivity index (χ4v) is 3.51. The lowest BCUT2D eigenvalue weighted by atomic mass is 10.1. The van der Waals surface area contributed by atoms with E-state index in [4.69, 9.17) is 4.74 Å². The third kappa shape index (κ3) is 4.20. The summed E-state index contributed by atoms with van der Waals surface area (Å²) >= 11 is 1.35. The van der Waals surface area contributed by atoms with Gasteiger partial charge in [-0.15, -0.1) is 11.3 Å². The number of carbonyl (C=O) groups excluding carboxylic acids is 2. The number of pyridine rings is 1. The highest BCUT2D eigenvalue weighted by Crippen LogP contribution is 2.24. The summed E-state index contributed by atoms with van der Waals surface area (Å²) in [5.41, 5.74) is 3.42. The zero-order valence-electron chi connectivity index (χ0n) is 15.9. The average molecular weight is 395 g/mol. The van der Waals surface area contributed by atoms with Gasteiger partial charge in [-0.25, -0.2) is 0 Å². The molecule has 6 nitrogen and oxygen atoms in total. The number of aromatic nitrogens is 1. The van der Waals surface area contributed by atoms with Gasteiger partial charge in [0, 0.05) is 17.3 Å². The largest absolute Gasteiger partial charge is 0.496 e. The quantitative estimate of drug-likeness (QED) is 0.662. The Bertz CT molecular complexity index is 1000. The van der Waals surface area contributed by atoms with E-state index in [0.29, 0.717) is 16.1 Å². The number of rotatable bonds is 6. The Morgan fingerprint density at radius 2 is 1.89 bits per heavy atom. The number of anilines is 1. The Kier molecular flexibility index (Phi) is 6.06. The van der Waals surface area contributed by atoms with E-state index in [2.05, 4.69) is 15.6 Å². The van der Waals surface area contributed by atoms with E-state index in [-0.39, 0.29) is 18.4 Å². The zero-order chi connectivity index (χ0) is 20.1. The van der Waals surface area contributed by atoms with Gasteiger partial charge in [-0.2, -0.15) is 0 Å². The molecule has 0 fully saturated rings. The van der Waals surface area contributed by atoms with Gasteiger partial charge in [-0.05, 0) is 37.4 Å². The van der Waals surface area contributed by atoms with Crippen molar-refractivity contribution in [2.24, 2.45) is 0 Å². The minimum Gasteiger partial charge on any atom is -0.496 e. The molecule has 144 valence electrons. The molecule has 0 saturated carbocycles. The first-order chi connectivity index (χ1) is 13.5. The molecule has 3 aromatic rings. The Morgan fingerprint density at radius 1 is 1.11 bits per heavy atom. The molecule has 2 heterocycles. The monoisotopic (exact) mass is 395 g/mol. The number of benzene rings is 1. The van der Waals surface area contributed by atoms with Crippen molar-refractivity contribution in [1.82, 2.24) is 10.3 Å². The van der Waals surface area contributed by atoms with Gasteiger partial charge >= 0.3 is 0 Å². The van der Waals surface area contributed by atoms with E-state index in [0.717, 1.165) is 22.6 Å².